The lowest BCUT2D eigenvalue weighted by Crippen LogP contribution is -2.49. The fraction of sp³-hybridized carbons (Fsp3) is 0.423. The molecule has 0 bridgehead atoms. The van der Waals surface area contributed by atoms with Crippen LogP contribution in [0.4, 0.5) is 5.00 Å². The van der Waals surface area contributed by atoms with Gasteiger partial charge in [0.15, 0.2) is 6.61 Å². The lowest BCUT2D eigenvalue weighted by Gasteiger charge is -2.27. The van der Waals surface area contributed by atoms with Crippen LogP contribution in [-0.4, -0.2) is 54.3 Å². The van der Waals surface area contributed by atoms with Crippen molar-refractivity contribution in [3.63, 3.8) is 0 Å². The number of imide groups is 1. The maximum Gasteiger partial charge on any atom is 0.341 e. The molecular weight excluding hydrogens is 626 g/mol. The standard InChI is InChI=1S/C26H24Cl4N2O7S/c1-9(2)21(32-23(34)15-16(24(32)35)18(28)20(30)19(29)17(15)27)26(37)39-8-13(33)31-22-14(25(36)38-4)11-6-5-10(3)7-12(11)40-22/h9-10,21H,5-8H2,1-4H3,(H,31,33)/t10-,21-/m0/s1. The molecule has 2 aromatic rings. The van der Waals surface area contributed by atoms with Gasteiger partial charge in [0.2, 0.25) is 0 Å². The number of carbonyl (C=O) groups is 5. The summed E-state index contributed by atoms with van der Waals surface area (Å²) >= 11 is 25.8. The fourth-order valence-electron chi connectivity index (χ4n) is 4.84. The highest BCUT2D eigenvalue weighted by Crippen LogP contribution is 2.45. The van der Waals surface area contributed by atoms with Crippen LogP contribution in [0.3, 0.4) is 0 Å². The Bertz CT molecular complexity index is 1410. The van der Waals surface area contributed by atoms with Crippen LogP contribution in [0.15, 0.2) is 0 Å². The van der Waals surface area contributed by atoms with Crippen molar-refractivity contribution in [1.29, 1.82) is 0 Å². The summed E-state index contributed by atoms with van der Waals surface area (Å²) in [7, 11) is 1.26. The van der Waals surface area contributed by atoms with Crippen molar-refractivity contribution >= 4 is 92.4 Å². The minimum absolute atomic E-state index is 0.202. The second kappa shape index (κ2) is 11.9. The summed E-state index contributed by atoms with van der Waals surface area (Å²) in [6.07, 6.45) is 2.36. The lowest BCUT2D eigenvalue weighted by atomic mass is 9.88. The van der Waals surface area contributed by atoms with E-state index in [2.05, 4.69) is 12.2 Å². The minimum Gasteiger partial charge on any atom is -0.465 e. The van der Waals surface area contributed by atoms with E-state index in [4.69, 9.17) is 55.9 Å². The predicted octanol–water partition coefficient (Wildman–Crippen LogP) is 6.08. The molecule has 1 aromatic heterocycles. The molecule has 0 saturated heterocycles. The van der Waals surface area contributed by atoms with Gasteiger partial charge in [-0.05, 0) is 36.7 Å². The highest BCUT2D eigenvalue weighted by molar-refractivity contribution is 7.17. The number of anilines is 1. The molecule has 0 unspecified atom stereocenters. The smallest absolute Gasteiger partial charge is 0.341 e. The zero-order valence-corrected chi connectivity index (χ0v) is 25.6. The van der Waals surface area contributed by atoms with Gasteiger partial charge in [-0.2, -0.15) is 0 Å². The van der Waals surface area contributed by atoms with E-state index in [1.165, 1.54) is 18.4 Å². The molecule has 40 heavy (non-hydrogen) atoms. The fourth-order valence-corrected chi connectivity index (χ4v) is 7.27. The first kappa shape index (κ1) is 30.6. The third kappa shape index (κ3) is 5.32. The van der Waals surface area contributed by atoms with Crippen molar-refractivity contribution in [3.8, 4) is 0 Å². The molecule has 2 heterocycles. The minimum atomic E-state index is -1.41. The van der Waals surface area contributed by atoms with Crippen molar-refractivity contribution in [2.45, 2.75) is 46.1 Å². The topological polar surface area (TPSA) is 119 Å². The zero-order valence-electron chi connectivity index (χ0n) is 21.8. The highest BCUT2D eigenvalue weighted by Gasteiger charge is 2.48. The number of thiophene rings is 1. The van der Waals surface area contributed by atoms with Crippen LogP contribution in [-0.2, 0) is 31.9 Å². The van der Waals surface area contributed by atoms with E-state index in [1.807, 2.05) is 0 Å². The highest BCUT2D eigenvalue weighted by atomic mass is 35.5. The molecule has 0 radical (unpaired) electrons. The molecule has 1 aliphatic carbocycles. The monoisotopic (exact) mass is 648 g/mol. The van der Waals surface area contributed by atoms with E-state index in [0.29, 0.717) is 27.8 Å². The summed E-state index contributed by atoms with van der Waals surface area (Å²) in [5, 5.41) is 2.01. The van der Waals surface area contributed by atoms with Gasteiger partial charge in [0.1, 0.15) is 11.0 Å². The number of esters is 2. The molecule has 1 aromatic carbocycles. The predicted molar refractivity (Wildman–Crippen MR) is 152 cm³/mol. The van der Waals surface area contributed by atoms with Crippen LogP contribution < -0.4 is 5.32 Å². The van der Waals surface area contributed by atoms with Gasteiger partial charge in [-0.15, -0.1) is 11.3 Å². The maximum absolute atomic E-state index is 13.3. The van der Waals surface area contributed by atoms with Gasteiger partial charge >= 0.3 is 11.9 Å². The third-order valence-electron chi connectivity index (χ3n) is 6.78. The number of nitrogens with one attached hydrogen (secondary N) is 1. The summed E-state index contributed by atoms with van der Waals surface area (Å²) < 4.78 is 10.2. The van der Waals surface area contributed by atoms with Gasteiger partial charge in [0.05, 0.1) is 43.9 Å². The molecule has 2 aliphatic rings. The summed E-state index contributed by atoms with van der Waals surface area (Å²) in [4.78, 5) is 66.6. The Balaban J connectivity index is 1.52. The van der Waals surface area contributed by atoms with Gasteiger partial charge in [-0.3, -0.25) is 19.3 Å². The molecule has 3 amide bonds. The quantitative estimate of drug-likeness (QED) is 0.167. The average Bonchev–Trinajstić information content (AvgIpc) is 3.38. The first-order valence-electron chi connectivity index (χ1n) is 12.2. The van der Waals surface area contributed by atoms with Crippen LogP contribution >= 0.6 is 57.7 Å². The van der Waals surface area contributed by atoms with E-state index in [1.54, 1.807) is 13.8 Å². The number of ether oxygens (including phenoxy) is 2. The van der Waals surface area contributed by atoms with E-state index in [0.717, 1.165) is 23.3 Å². The van der Waals surface area contributed by atoms with Gasteiger partial charge in [-0.25, -0.2) is 9.59 Å². The number of benzene rings is 1. The third-order valence-corrected chi connectivity index (χ3v) is 9.76. The average molecular weight is 650 g/mol. The normalized spacial score (nSPS) is 17.0. The van der Waals surface area contributed by atoms with Crippen molar-refractivity contribution < 1.29 is 33.4 Å². The molecule has 0 saturated carbocycles. The van der Waals surface area contributed by atoms with Crippen LogP contribution in [0.5, 0.6) is 0 Å². The number of amides is 3. The van der Waals surface area contributed by atoms with Crippen molar-refractivity contribution in [1.82, 2.24) is 4.90 Å². The molecule has 1 N–H and O–H groups in total. The summed E-state index contributed by atoms with van der Waals surface area (Å²) in [6, 6.07) is -1.41. The lowest BCUT2D eigenvalue weighted by molar-refractivity contribution is -0.152. The van der Waals surface area contributed by atoms with Gasteiger partial charge < -0.3 is 14.8 Å². The number of hydrogen-bond donors (Lipinski definition) is 1. The number of methoxy groups -OCH3 is 1. The molecule has 4 rings (SSSR count). The number of nitrogens with zero attached hydrogens (tertiary/aromatic N) is 1. The summed E-state index contributed by atoms with van der Waals surface area (Å²) in [6.45, 7) is 4.57. The number of carbonyl (C=O) groups excluding carboxylic acids is 5. The second-order valence-corrected chi connectivity index (χ2v) is 12.5. The molecule has 0 fully saturated rings. The number of halogens is 4. The first-order valence-corrected chi connectivity index (χ1v) is 14.6. The van der Waals surface area contributed by atoms with E-state index >= 15 is 0 Å². The van der Waals surface area contributed by atoms with Crippen LogP contribution in [0, 0.1) is 11.8 Å². The molecule has 9 nitrogen and oxygen atoms in total. The summed E-state index contributed by atoms with van der Waals surface area (Å²) in [5.41, 5.74) is 0.610. The zero-order chi connectivity index (χ0) is 29.6. The molecule has 1 aliphatic heterocycles. The van der Waals surface area contributed by atoms with Gasteiger partial charge in [-0.1, -0.05) is 67.2 Å². The Kier molecular flexibility index (Phi) is 9.06. The van der Waals surface area contributed by atoms with E-state index < -0.39 is 48.2 Å². The van der Waals surface area contributed by atoms with E-state index in [-0.39, 0.29) is 31.2 Å². The van der Waals surface area contributed by atoms with Crippen molar-refractivity contribution in [2.75, 3.05) is 19.0 Å². The molecule has 214 valence electrons. The molecule has 2 atom stereocenters. The Morgan fingerprint density at radius 2 is 1.60 bits per heavy atom. The van der Waals surface area contributed by atoms with Crippen molar-refractivity contribution in [2.24, 2.45) is 11.8 Å². The van der Waals surface area contributed by atoms with Crippen LogP contribution in [0.25, 0.3) is 0 Å². The number of hydrogen-bond acceptors (Lipinski definition) is 8. The maximum atomic E-state index is 13.3. The largest absolute Gasteiger partial charge is 0.465 e. The first-order chi connectivity index (χ1) is 18.8. The summed E-state index contributed by atoms with van der Waals surface area (Å²) in [5.74, 6) is -4.25. The molecular formula is C26H24Cl4N2O7S. The SMILES string of the molecule is COC(=O)c1c(NC(=O)COC(=O)[C@H](C(C)C)N2C(=O)c3c(Cl)c(Cl)c(Cl)c(Cl)c3C2=O)sc2c1CC[C@H](C)C2. The second-order valence-electron chi connectivity index (χ2n) is 9.88. The number of rotatable bonds is 7. The Morgan fingerprint density at radius 3 is 2.12 bits per heavy atom. The molecule has 14 heteroatoms. The van der Waals surface area contributed by atoms with Crippen molar-refractivity contribution in [3.05, 3.63) is 47.2 Å². The molecule has 0 spiro atoms. The Labute approximate surface area is 254 Å². The van der Waals surface area contributed by atoms with Crippen LogP contribution in [0.1, 0.15) is 68.7 Å². The van der Waals surface area contributed by atoms with Crippen LogP contribution in [0.2, 0.25) is 20.1 Å². The van der Waals surface area contributed by atoms with Gasteiger partial charge in [0, 0.05) is 4.88 Å². The number of fused-ring (bicyclic) bond motifs is 2. The Hall–Kier alpha value is -2.37. The Morgan fingerprint density at radius 1 is 1.02 bits per heavy atom. The van der Waals surface area contributed by atoms with Gasteiger partial charge in [0.25, 0.3) is 17.7 Å². The van der Waals surface area contributed by atoms with E-state index in [9.17, 15) is 24.0 Å².